The molecule has 2 N–H and O–H groups in total. The molecular weight excluding hydrogens is 360 g/mol. The van der Waals surface area contributed by atoms with Crippen LogP contribution in [0.1, 0.15) is 23.4 Å². The summed E-state index contributed by atoms with van der Waals surface area (Å²) < 4.78 is 5.07. The van der Waals surface area contributed by atoms with Gasteiger partial charge in [-0.1, -0.05) is 18.2 Å². The highest BCUT2D eigenvalue weighted by molar-refractivity contribution is 7.09. The van der Waals surface area contributed by atoms with E-state index in [0.717, 1.165) is 43.9 Å². The molecule has 1 amide bonds. The molecule has 1 aromatic carbocycles. The number of thiazole rings is 1. The number of piperidine rings is 1. The van der Waals surface area contributed by atoms with Gasteiger partial charge in [0, 0.05) is 43.9 Å². The molecule has 1 aromatic heterocycles. The van der Waals surface area contributed by atoms with Crippen LogP contribution in [-0.4, -0.2) is 54.7 Å². The summed E-state index contributed by atoms with van der Waals surface area (Å²) in [6.07, 6.45) is 1.52. The number of carbonyl (C=O) groups is 1. The number of hydrogen-bond acceptors (Lipinski definition) is 6. The van der Waals surface area contributed by atoms with Crippen molar-refractivity contribution in [1.82, 2.24) is 15.2 Å². The minimum absolute atomic E-state index is 0.0528. The van der Waals surface area contributed by atoms with Crippen molar-refractivity contribution in [2.45, 2.75) is 31.8 Å². The fraction of sp³-hybridized carbons (Fsp3) is 0.500. The molecule has 0 spiro atoms. The molecule has 0 saturated carbocycles. The average molecular weight is 389 g/mol. The van der Waals surface area contributed by atoms with Gasteiger partial charge in [0.1, 0.15) is 5.54 Å². The zero-order chi connectivity index (χ0) is 19.1. The number of benzene rings is 1. The molecule has 1 fully saturated rings. The molecule has 6 nitrogen and oxygen atoms in total. The van der Waals surface area contributed by atoms with E-state index in [9.17, 15) is 4.79 Å². The van der Waals surface area contributed by atoms with E-state index in [1.807, 2.05) is 35.8 Å². The van der Waals surface area contributed by atoms with Crippen LogP contribution in [0, 0.1) is 6.92 Å². The predicted molar refractivity (Wildman–Crippen MR) is 109 cm³/mol. The van der Waals surface area contributed by atoms with Crippen LogP contribution in [0.5, 0.6) is 0 Å². The molecule has 0 bridgehead atoms. The van der Waals surface area contributed by atoms with Crippen LogP contribution in [0.2, 0.25) is 0 Å². The summed E-state index contributed by atoms with van der Waals surface area (Å²) in [5.74, 6) is 0.0528. The number of aromatic nitrogens is 1. The zero-order valence-corrected chi connectivity index (χ0v) is 16.8. The fourth-order valence-electron chi connectivity index (χ4n) is 3.42. The summed E-state index contributed by atoms with van der Waals surface area (Å²) in [7, 11) is 1.64. The first kappa shape index (κ1) is 19.8. The summed E-state index contributed by atoms with van der Waals surface area (Å²) >= 11 is 1.70. The van der Waals surface area contributed by atoms with Gasteiger partial charge in [-0.3, -0.25) is 9.69 Å². The van der Waals surface area contributed by atoms with E-state index in [-0.39, 0.29) is 5.91 Å². The van der Waals surface area contributed by atoms with Gasteiger partial charge < -0.3 is 15.4 Å². The molecule has 0 atom stereocenters. The van der Waals surface area contributed by atoms with Gasteiger partial charge in [-0.15, -0.1) is 11.3 Å². The maximum absolute atomic E-state index is 13.0. The van der Waals surface area contributed by atoms with Gasteiger partial charge >= 0.3 is 0 Å². The first-order valence-corrected chi connectivity index (χ1v) is 10.2. The molecular formula is C20H28N4O2S. The van der Waals surface area contributed by atoms with Gasteiger partial charge in [-0.2, -0.15) is 0 Å². The molecule has 0 aliphatic carbocycles. The number of nitrogens with one attached hydrogen (secondary N) is 2. The van der Waals surface area contributed by atoms with Crippen LogP contribution in [0.15, 0.2) is 35.8 Å². The van der Waals surface area contributed by atoms with Gasteiger partial charge in [-0.25, -0.2) is 4.98 Å². The standard InChI is InChI=1S/C20H28N4O2S/c1-16-18(27-15-22-16)14-24-11-8-20(9-12-24,19(25)21-10-13-26-2)23-17-6-4-3-5-7-17/h3-7,15,23H,8-14H2,1-2H3,(H,21,25). The lowest BCUT2D eigenvalue weighted by Gasteiger charge is -2.41. The molecule has 0 radical (unpaired) electrons. The monoisotopic (exact) mass is 388 g/mol. The van der Waals surface area contributed by atoms with Gasteiger partial charge in [0.05, 0.1) is 17.8 Å². The normalized spacial score (nSPS) is 16.8. The second kappa shape index (κ2) is 9.30. The van der Waals surface area contributed by atoms with Crippen molar-refractivity contribution in [3.8, 4) is 0 Å². The quantitative estimate of drug-likeness (QED) is 0.681. The first-order valence-electron chi connectivity index (χ1n) is 9.35. The van der Waals surface area contributed by atoms with Gasteiger partial charge in [0.15, 0.2) is 0 Å². The Labute approximate surface area is 164 Å². The van der Waals surface area contributed by atoms with Crippen molar-refractivity contribution in [2.24, 2.45) is 0 Å². The highest BCUT2D eigenvalue weighted by Crippen LogP contribution is 2.29. The summed E-state index contributed by atoms with van der Waals surface area (Å²) in [5.41, 5.74) is 3.40. The molecule has 2 heterocycles. The zero-order valence-electron chi connectivity index (χ0n) is 16.0. The Morgan fingerprint density at radius 1 is 1.30 bits per heavy atom. The fourth-order valence-corrected chi connectivity index (χ4v) is 4.23. The van der Waals surface area contributed by atoms with Crippen molar-refractivity contribution in [3.05, 3.63) is 46.4 Å². The minimum Gasteiger partial charge on any atom is -0.383 e. The Morgan fingerprint density at radius 2 is 2.04 bits per heavy atom. The second-order valence-electron chi connectivity index (χ2n) is 6.96. The van der Waals surface area contributed by atoms with Crippen molar-refractivity contribution in [3.63, 3.8) is 0 Å². The molecule has 3 rings (SSSR count). The Bertz CT molecular complexity index is 727. The van der Waals surface area contributed by atoms with Gasteiger partial charge in [0.25, 0.3) is 0 Å². The van der Waals surface area contributed by atoms with Crippen LogP contribution in [0.4, 0.5) is 5.69 Å². The predicted octanol–water partition coefficient (Wildman–Crippen LogP) is 2.66. The molecule has 27 heavy (non-hydrogen) atoms. The lowest BCUT2D eigenvalue weighted by molar-refractivity contribution is -0.127. The smallest absolute Gasteiger partial charge is 0.245 e. The lowest BCUT2D eigenvalue weighted by atomic mass is 9.85. The summed E-state index contributed by atoms with van der Waals surface area (Å²) in [5, 5.41) is 6.55. The number of hydrogen-bond donors (Lipinski definition) is 2. The maximum Gasteiger partial charge on any atom is 0.245 e. The highest BCUT2D eigenvalue weighted by Gasteiger charge is 2.41. The number of rotatable bonds is 8. The van der Waals surface area contributed by atoms with Crippen LogP contribution in [-0.2, 0) is 16.1 Å². The van der Waals surface area contributed by atoms with Crippen LogP contribution >= 0.6 is 11.3 Å². The van der Waals surface area contributed by atoms with Crippen molar-refractivity contribution in [1.29, 1.82) is 0 Å². The highest BCUT2D eigenvalue weighted by atomic mass is 32.1. The van der Waals surface area contributed by atoms with E-state index >= 15 is 0 Å². The van der Waals surface area contributed by atoms with E-state index < -0.39 is 5.54 Å². The number of aryl methyl sites for hydroxylation is 1. The first-order chi connectivity index (χ1) is 13.1. The minimum atomic E-state index is -0.589. The van der Waals surface area contributed by atoms with Crippen LogP contribution in [0.3, 0.4) is 0 Å². The molecule has 2 aromatic rings. The molecule has 1 aliphatic heterocycles. The summed E-state index contributed by atoms with van der Waals surface area (Å²) in [6, 6.07) is 9.98. The number of anilines is 1. The Morgan fingerprint density at radius 3 is 2.67 bits per heavy atom. The molecule has 146 valence electrons. The number of nitrogens with zero attached hydrogens (tertiary/aromatic N) is 2. The number of methoxy groups -OCH3 is 1. The van der Waals surface area contributed by atoms with Crippen molar-refractivity contribution in [2.75, 3.05) is 38.7 Å². The van der Waals surface area contributed by atoms with Crippen LogP contribution < -0.4 is 10.6 Å². The average Bonchev–Trinajstić information content (AvgIpc) is 3.09. The number of para-hydroxylation sites is 1. The number of ether oxygens (including phenoxy) is 1. The lowest BCUT2D eigenvalue weighted by Crippen LogP contribution is -2.58. The number of amides is 1. The number of carbonyl (C=O) groups excluding carboxylic acids is 1. The summed E-state index contributed by atoms with van der Waals surface area (Å²) in [6.45, 7) is 5.74. The van der Waals surface area contributed by atoms with Gasteiger partial charge in [0.2, 0.25) is 5.91 Å². The molecule has 0 unspecified atom stereocenters. The largest absolute Gasteiger partial charge is 0.383 e. The Kier molecular flexibility index (Phi) is 6.82. The third-order valence-corrected chi connectivity index (χ3v) is 6.03. The Hall–Kier alpha value is -1.96. The third-order valence-electron chi connectivity index (χ3n) is 5.11. The third kappa shape index (κ3) is 5.06. The van der Waals surface area contributed by atoms with E-state index in [4.69, 9.17) is 4.74 Å². The Balaban J connectivity index is 1.67. The van der Waals surface area contributed by atoms with Crippen molar-refractivity contribution >= 4 is 22.9 Å². The maximum atomic E-state index is 13.0. The van der Waals surface area contributed by atoms with E-state index in [0.29, 0.717) is 13.2 Å². The SMILES string of the molecule is COCCNC(=O)C1(Nc2ccccc2)CCN(Cc2scnc2C)CC1. The van der Waals surface area contributed by atoms with E-state index in [1.54, 1.807) is 18.4 Å². The van der Waals surface area contributed by atoms with Gasteiger partial charge in [-0.05, 0) is 31.9 Å². The van der Waals surface area contributed by atoms with E-state index in [2.05, 4.69) is 27.4 Å². The van der Waals surface area contributed by atoms with Crippen molar-refractivity contribution < 1.29 is 9.53 Å². The summed E-state index contributed by atoms with van der Waals surface area (Å²) in [4.78, 5) is 21.1. The molecule has 7 heteroatoms. The molecule has 1 aliphatic rings. The molecule has 1 saturated heterocycles. The second-order valence-corrected chi connectivity index (χ2v) is 7.90. The number of likely N-dealkylation sites (tertiary alicyclic amines) is 1. The topological polar surface area (TPSA) is 66.5 Å². The van der Waals surface area contributed by atoms with E-state index in [1.165, 1.54) is 4.88 Å². The van der Waals surface area contributed by atoms with Crippen LogP contribution in [0.25, 0.3) is 0 Å².